The van der Waals surface area contributed by atoms with E-state index in [2.05, 4.69) is 16.3 Å². The van der Waals surface area contributed by atoms with Gasteiger partial charge < -0.3 is 10.1 Å². The van der Waals surface area contributed by atoms with Crippen LogP contribution < -0.4 is 10.1 Å². The minimum atomic E-state index is -0.374. The number of nitrogens with zero attached hydrogens (tertiary/aromatic N) is 1. The average Bonchev–Trinajstić information content (AvgIpc) is 3.11. The largest absolute Gasteiger partial charge is 0.412 e. The predicted molar refractivity (Wildman–Crippen MR) is 104 cm³/mol. The minimum absolute atomic E-state index is 0.374. The van der Waals surface area contributed by atoms with Gasteiger partial charge in [0.15, 0.2) is 0 Å². The van der Waals surface area contributed by atoms with Gasteiger partial charge in [0.2, 0.25) is 0 Å². The van der Waals surface area contributed by atoms with Crippen molar-refractivity contribution in [3.05, 3.63) is 29.3 Å². The van der Waals surface area contributed by atoms with Crippen LogP contribution >= 0.6 is 0 Å². The predicted octanol–water partition coefficient (Wildman–Crippen LogP) is 4.48. The van der Waals surface area contributed by atoms with Gasteiger partial charge in [-0.3, -0.25) is 4.90 Å². The lowest BCUT2D eigenvalue weighted by atomic mass is 9.79. The third-order valence-electron chi connectivity index (χ3n) is 6.88. The van der Waals surface area contributed by atoms with Gasteiger partial charge in [0.25, 0.3) is 0 Å². The van der Waals surface area contributed by atoms with Gasteiger partial charge in [0.1, 0.15) is 5.75 Å². The number of ether oxygens (including phenoxy) is 1. The third-order valence-corrected chi connectivity index (χ3v) is 6.88. The number of hydrogen-bond acceptors (Lipinski definition) is 3. The van der Waals surface area contributed by atoms with Crippen molar-refractivity contribution < 1.29 is 9.53 Å². The maximum absolute atomic E-state index is 11.6. The van der Waals surface area contributed by atoms with Gasteiger partial charge in [-0.05, 0) is 61.9 Å². The molecule has 142 valence electrons. The molecule has 1 saturated heterocycles. The van der Waals surface area contributed by atoms with Crippen molar-refractivity contribution in [1.82, 2.24) is 10.2 Å². The summed E-state index contributed by atoms with van der Waals surface area (Å²) in [5, 5.41) is 2.55. The van der Waals surface area contributed by atoms with Crippen molar-refractivity contribution in [2.45, 2.75) is 69.7 Å². The van der Waals surface area contributed by atoms with Gasteiger partial charge in [0.05, 0.1) is 0 Å². The van der Waals surface area contributed by atoms with Crippen LogP contribution in [0.15, 0.2) is 18.2 Å². The molecule has 0 spiro atoms. The Hall–Kier alpha value is -1.55. The van der Waals surface area contributed by atoms with Crippen LogP contribution in [0.4, 0.5) is 4.79 Å². The fraction of sp³-hybridized carbons (Fsp3) is 0.682. The second-order valence-electron chi connectivity index (χ2n) is 8.29. The van der Waals surface area contributed by atoms with Crippen LogP contribution in [0.1, 0.15) is 68.4 Å². The second kappa shape index (κ2) is 7.99. The van der Waals surface area contributed by atoms with Gasteiger partial charge >= 0.3 is 6.09 Å². The molecule has 1 saturated carbocycles. The highest BCUT2D eigenvalue weighted by molar-refractivity contribution is 5.70. The molecule has 4 rings (SSSR count). The molecule has 0 radical (unpaired) electrons. The summed E-state index contributed by atoms with van der Waals surface area (Å²) in [5.74, 6) is 2.32. The van der Waals surface area contributed by atoms with Gasteiger partial charge in [-0.25, -0.2) is 4.79 Å². The Morgan fingerprint density at radius 2 is 2.04 bits per heavy atom. The molecule has 0 aromatic heterocycles. The number of amides is 1. The Bertz CT molecular complexity index is 639. The molecule has 0 bridgehead atoms. The Kier molecular flexibility index (Phi) is 5.49. The molecular formula is C22H32N2O2. The smallest absolute Gasteiger partial charge is 0.410 e. The number of carbonyl (C=O) groups is 1. The summed E-state index contributed by atoms with van der Waals surface area (Å²) in [6.45, 7) is 2.50. The van der Waals surface area contributed by atoms with E-state index in [9.17, 15) is 4.79 Å². The summed E-state index contributed by atoms with van der Waals surface area (Å²) in [6, 6.07) is 6.92. The molecule has 2 aliphatic carbocycles. The van der Waals surface area contributed by atoms with Crippen molar-refractivity contribution in [2.75, 3.05) is 20.1 Å². The van der Waals surface area contributed by atoms with Crippen LogP contribution in [0.2, 0.25) is 0 Å². The van der Waals surface area contributed by atoms with Gasteiger partial charge in [-0.2, -0.15) is 0 Å². The highest BCUT2D eigenvalue weighted by Crippen LogP contribution is 2.44. The average molecular weight is 357 g/mol. The van der Waals surface area contributed by atoms with E-state index in [1.54, 1.807) is 7.05 Å². The van der Waals surface area contributed by atoms with Gasteiger partial charge in [-0.15, -0.1) is 0 Å². The first-order valence-corrected chi connectivity index (χ1v) is 10.5. The third kappa shape index (κ3) is 3.62. The van der Waals surface area contributed by atoms with Crippen molar-refractivity contribution in [2.24, 2.45) is 5.92 Å². The molecule has 2 atom stereocenters. The number of carbonyl (C=O) groups excluding carboxylic acids is 1. The lowest BCUT2D eigenvalue weighted by molar-refractivity contribution is 0.195. The zero-order valence-corrected chi connectivity index (χ0v) is 16.0. The maximum atomic E-state index is 11.6. The lowest BCUT2D eigenvalue weighted by Gasteiger charge is -2.35. The zero-order valence-electron chi connectivity index (χ0n) is 16.0. The normalized spacial score (nSPS) is 26.2. The topological polar surface area (TPSA) is 41.6 Å². The molecule has 1 aromatic rings. The summed E-state index contributed by atoms with van der Waals surface area (Å²) >= 11 is 0. The first-order chi connectivity index (χ1) is 12.8. The summed E-state index contributed by atoms with van der Waals surface area (Å²) in [4.78, 5) is 14.4. The van der Waals surface area contributed by atoms with Gasteiger partial charge in [0, 0.05) is 19.0 Å². The number of nitrogens with one attached hydrogen (secondary N) is 1. The molecule has 1 aromatic carbocycles. The zero-order chi connectivity index (χ0) is 17.9. The molecule has 2 fully saturated rings. The summed E-state index contributed by atoms with van der Waals surface area (Å²) in [5.41, 5.74) is 2.68. The quantitative estimate of drug-likeness (QED) is 0.865. The molecule has 1 N–H and O–H groups in total. The van der Waals surface area contributed by atoms with Crippen molar-refractivity contribution in [3.8, 4) is 5.75 Å². The first-order valence-electron chi connectivity index (χ1n) is 10.5. The molecule has 2 unspecified atom stereocenters. The Morgan fingerprint density at radius 3 is 2.85 bits per heavy atom. The molecule has 26 heavy (non-hydrogen) atoms. The second-order valence-corrected chi connectivity index (χ2v) is 8.29. The van der Waals surface area contributed by atoms with E-state index >= 15 is 0 Å². The van der Waals surface area contributed by atoms with Crippen LogP contribution in [-0.2, 0) is 6.42 Å². The first kappa shape index (κ1) is 17.8. The molecule has 3 aliphatic rings. The highest BCUT2D eigenvalue weighted by Gasteiger charge is 2.39. The number of benzene rings is 1. The maximum Gasteiger partial charge on any atom is 0.412 e. The van der Waals surface area contributed by atoms with E-state index in [0.29, 0.717) is 12.0 Å². The summed E-state index contributed by atoms with van der Waals surface area (Å²) in [6.07, 6.45) is 11.7. The van der Waals surface area contributed by atoms with E-state index in [-0.39, 0.29) is 6.09 Å². The van der Waals surface area contributed by atoms with Crippen LogP contribution in [-0.4, -0.2) is 37.2 Å². The Labute approximate surface area is 157 Å². The molecule has 1 aliphatic heterocycles. The molecule has 1 amide bonds. The Morgan fingerprint density at radius 1 is 1.19 bits per heavy atom. The van der Waals surface area contributed by atoms with Crippen molar-refractivity contribution >= 4 is 6.09 Å². The highest BCUT2D eigenvalue weighted by atomic mass is 16.6. The number of rotatable bonds is 4. The number of likely N-dealkylation sites (tertiary alicyclic amines) is 1. The molecular weight excluding hydrogens is 324 g/mol. The summed E-state index contributed by atoms with van der Waals surface area (Å²) in [7, 11) is 1.61. The van der Waals surface area contributed by atoms with Crippen LogP contribution in [0.25, 0.3) is 0 Å². The van der Waals surface area contributed by atoms with Crippen LogP contribution in [0, 0.1) is 5.92 Å². The lowest BCUT2D eigenvalue weighted by Crippen LogP contribution is -2.36. The summed E-state index contributed by atoms with van der Waals surface area (Å²) < 4.78 is 5.50. The fourth-order valence-corrected chi connectivity index (χ4v) is 5.50. The fourth-order valence-electron chi connectivity index (χ4n) is 5.50. The minimum Gasteiger partial charge on any atom is -0.410 e. The van der Waals surface area contributed by atoms with Crippen molar-refractivity contribution in [1.29, 1.82) is 0 Å². The van der Waals surface area contributed by atoms with E-state index in [0.717, 1.165) is 18.1 Å². The Balaban J connectivity index is 1.43. The monoisotopic (exact) mass is 356 g/mol. The molecule has 1 heterocycles. The number of fused-ring (bicyclic) bond motifs is 3. The SMILES string of the molecule is CNC(=O)Oc1cccc2c1CCC1C2CCN1CCC1CCCCC1. The van der Waals surface area contributed by atoms with Crippen LogP contribution in [0.3, 0.4) is 0 Å². The van der Waals surface area contributed by atoms with E-state index in [1.807, 2.05) is 12.1 Å². The van der Waals surface area contributed by atoms with E-state index < -0.39 is 0 Å². The number of hydrogen-bond donors (Lipinski definition) is 1. The van der Waals surface area contributed by atoms with Gasteiger partial charge in [-0.1, -0.05) is 44.2 Å². The molecule has 4 heteroatoms. The van der Waals surface area contributed by atoms with E-state index in [4.69, 9.17) is 4.74 Å². The van der Waals surface area contributed by atoms with E-state index in [1.165, 1.54) is 75.6 Å². The van der Waals surface area contributed by atoms with Crippen molar-refractivity contribution in [3.63, 3.8) is 0 Å². The molecule has 4 nitrogen and oxygen atoms in total. The van der Waals surface area contributed by atoms with Crippen LogP contribution in [0.5, 0.6) is 5.75 Å². The standard InChI is InChI=1S/C22H32N2O2/c1-23-22(25)26-21-9-5-8-17-18-13-15-24(20(18)11-10-19(17)21)14-12-16-6-3-2-4-7-16/h5,8-9,16,18,20H,2-4,6-7,10-15H2,1H3,(H,23,25).